The lowest BCUT2D eigenvalue weighted by atomic mass is 9.92. The smallest absolute Gasteiger partial charge is 0.246 e. The highest BCUT2D eigenvalue weighted by Crippen LogP contribution is 2.32. The van der Waals surface area contributed by atoms with E-state index in [9.17, 15) is 18.0 Å². The van der Waals surface area contributed by atoms with Crippen LogP contribution in [0, 0.1) is 5.92 Å². The van der Waals surface area contributed by atoms with Gasteiger partial charge in [-0.05, 0) is 18.8 Å². The number of nitrogens with one attached hydrogen (secondary N) is 1. The quantitative estimate of drug-likeness (QED) is 0.865. The van der Waals surface area contributed by atoms with E-state index in [0.29, 0.717) is 13.1 Å². The molecule has 25 heavy (non-hydrogen) atoms. The number of sulfonamides is 1. The largest absolute Gasteiger partial charge is 0.367 e. The first kappa shape index (κ1) is 17.8. The second-order valence-corrected chi connectivity index (χ2v) is 8.53. The first-order valence-electron chi connectivity index (χ1n) is 8.50. The van der Waals surface area contributed by atoms with Crippen molar-refractivity contribution in [3.8, 4) is 0 Å². The number of hydrogen-bond donors (Lipinski definition) is 1. The number of allylic oxidation sites excluding steroid dienone is 2. The fraction of sp³-hybridized carbons (Fsp3) is 0.444. The Morgan fingerprint density at radius 3 is 2.16 bits per heavy atom. The molecular formula is C18H22N2O4S. The molecule has 1 aromatic rings. The van der Waals surface area contributed by atoms with Crippen molar-refractivity contribution in [1.82, 2.24) is 9.62 Å². The first-order valence-corrected chi connectivity index (χ1v) is 9.98. The van der Waals surface area contributed by atoms with Crippen LogP contribution in [0.2, 0.25) is 0 Å². The zero-order valence-corrected chi connectivity index (χ0v) is 15.2. The number of carbonyl (C=O) groups excluding carboxylic acids is 2. The molecule has 1 aliphatic heterocycles. The van der Waals surface area contributed by atoms with Gasteiger partial charge in [0.2, 0.25) is 21.6 Å². The molecule has 0 saturated carbocycles. The molecule has 0 unspecified atom stereocenters. The van der Waals surface area contributed by atoms with E-state index in [1.54, 1.807) is 23.1 Å². The van der Waals surface area contributed by atoms with Crippen molar-refractivity contribution in [2.45, 2.75) is 26.7 Å². The number of hydrogen-bond acceptors (Lipinski definition) is 5. The average molecular weight is 362 g/mol. The summed E-state index contributed by atoms with van der Waals surface area (Å²) in [5.74, 6) is -0.900. The predicted octanol–water partition coefficient (Wildman–Crippen LogP) is 1.95. The Hall–Kier alpha value is -1.99. The van der Waals surface area contributed by atoms with Gasteiger partial charge in [-0.25, -0.2) is 13.1 Å². The van der Waals surface area contributed by atoms with E-state index >= 15 is 0 Å². The fourth-order valence-electron chi connectivity index (χ4n) is 3.17. The van der Waals surface area contributed by atoms with Crippen LogP contribution in [0.5, 0.6) is 0 Å². The molecule has 2 aliphatic rings. The lowest BCUT2D eigenvalue weighted by Gasteiger charge is -2.27. The number of carbonyl (C=O) groups is 2. The number of rotatable bonds is 5. The second-order valence-electron chi connectivity index (χ2n) is 6.82. The van der Waals surface area contributed by atoms with Crippen molar-refractivity contribution in [3.05, 3.63) is 46.0 Å². The van der Waals surface area contributed by atoms with Crippen molar-refractivity contribution in [2.24, 2.45) is 5.92 Å². The normalized spacial score (nSPS) is 18.3. The van der Waals surface area contributed by atoms with Crippen molar-refractivity contribution in [3.63, 3.8) is 0 Å². The van der Waals surface area contributed by atoms with Crippen LogP contribution < -0.4 is 4.72 Å². The molecule has 3 rings (SSSR count). The minimum absolute atomic E-state index is 0.0254. The lowest BCUT2D eigenvalue weighted by molar-refractivity contribution is 0.0952. The second kappa shape index (κ2) is 6.72. The summed E-state index contributed by atoms with van der Waals surface area (Å²) in [5.41, 5.74) is 0.454. The van der Waals surface area contributed by atoms with Gasteiger partial charge in [-0.1, -0.05) is 38.1 Å². The average Bonchev–Trinajstić information content (AvgIpc) is 3.10. The van der Waals surface area contributed by atoms with Gasteiger partial charge in [-0.15, -0.1) is 0 Å². The number of nitrogens with zero attached hydrogens (tertiary/aromatic N) is 1. The summed E-state index contributed by atoms with van der Waals surface area (Å²) in [5, 5.41) is 0. The molecule has 1 N–H and O–H groups in total. The van der Waals surface area contributed by atoms with Gasteiger partial charge in [0.1, 0.15) is 5.70 Å². The summed E-state index contributed by atoms with van der Waals surface area (Å²) in [6.45, 7) is 5.13. The molecule has 0 radical (unpaired) electrons. The zero-order valence-electron chi connectivity index (χ0n) is 14.4. The Labute approximate surface area is 148 Å². The zero-order chi connectivity index (χ0) is 18.2. The molecule has 1 aliphatic carbocycles. The summed E-state index contributed by atoms with van der Waals surface area (Å²) in [6.07, 6.45) is 1.75. The summed E-state index contributed by atoms with van der Waals surface area (Å²) in [6, 6.07) is 6.41. The van der Waals surface area contributed by atoms with E-state index in [1.165, 1.54) is 6.07 Å². The molecule has 0 spiro atoms. The van der Waals surface area contributed by atoms with Crippen molar-refractivity contribution < 1.29 is 18.0 Å². The highest BCUT2D eigenvalue weighted by Gasteiger charge is 2.41. The topological polar surface area (TPSA) is 83.6 Å². The highest BCUT2D eigenvalue weighted by molar-refractivity contribution is 7.94. The van der Waals surface area contributed by atoms with E-state index in [1.807, 2.05) is 13.8 Å². The minimum atomic E-state index is -4.07. The molecule has 1 saturated heterocycles. The maximum atomic E-state index is 13.0. The number of Topliss-reactive ketones (excluding diaryl/α,β-unsaturated/α-hetero) is 2. The predicted molar refractivity (Wildman–Crippen MR) is 94.7 cm³/mol. The third-order valence-corrected chi connectivity index (χ3v) is 5.89. The van der Waals surface area contributed by atoms with Crippen LogP contribution in [-0.2, 0) is 10.0 Å². The van der Waals surface area contributed by atoms with Gasteiger partial charge in [-0.3, -0.25) is 9.59 Å². The van der Waals surface area contributed by atoms with Crippen molar-refractivity contribution in [1.29, 1.82) is 0 Å². The molecule has 1 fully saturated rings. The molecule has 7 heteroatoms. The van der Waals surface area contributed by atoms with Crippen LogP contribution in [0.4, 0.5) is 0 Å². The Bertz CT molecular complexity index is 850. The highest BCUT2D eigenvalue weighted by atomic mass is 32.2. The standard InChI is InChI=1S/C18H22N2O4S/c1-12(2)11-19-25(23,24)18-15(20-9-5-6-10-20)16(21)13-7-3-4-8-14(13)17(18)22/h3-4,7-8,12,19H,5-6,9-11H2,1-2H3. The van der Waals surface area contributed by atoms with E-state index in [-0.39, 0.29) is 35.1 Å². The fourth-order valence-corrected chi connectivity index (χ4v) is 4.69. The third-order valence-electron chi connectivity index (χ3n) is 4.43. The van der Waals surface area contributed by atoms with Crippen LogP contribution in [0.25, 0.3) is 0 Å². The maximum Gasteiger partial charge on any atom is 0.246 e. The Morgan fingerprint density at radius 1 is 1.04 bits per heavy atom. The lowest BCUT2D eigenvalue weighted by Crippen LogP contribution is -2.39. The number of likely N-dealkylation sites (tertiary alicyclic amines) is 1. The Kier molecular flexibility index (Phi) is 4.79. The third kappa shape index (κ3) is 3.26. The van der Waals surface area contributed by atoms with Crippen LogP contribution >= 0.6 is 0 Å². The summed E-state index contributed by atoms with van der Waals surface area (Å²) in [4.78, 5) is 27.3. The van der Waals surface area contributed by atoms with E-state index in [2.05, 4.69) is 4.72 Å². The molecule has 134 valence electrons. The first-order chi connectivity index (χ1) is 11.8. The van der Waals surface area contributed by atoms with Gasteiger partial charge in [0.25, 0.3) is 0 Å². The number of ketones is 2. The Balaban J connectivity index is 2.16. The molecule has 1 aromatic carbocycles. The van der Waals surface area contributed by atoms with Gasteiger partial charge >= 0.3 is 0 Å². The number of benzene rings is 1. The molecule has 0 atom stereocenters. The van der Waals surface area contributed by atoms with Gasteiger partial charge in [0, 0.05) is 30.8 Å². The summed E-state index contributed by atoms with van der Waals surface area (Å²) in [7, 11) is -4.07. The maximum absolute atomic E-state index is 13.0. The van der Waals surface area contributed by atoms with E-state index < -0.39 is 20.7 Å². The van der Waals surface area contributed by atoms with Gasteiger partial charge in [-0.2, -0.15) is 0 Å². The summed E-state index contributed by atoms with van der Waals surface area (Å²) >= 11 is 0. The minimum Gasteiger partial charge on any atom is -0.367 e. The SMILES string of the molecule is CC(C)CNS(=O)(=O)C1=C(N2CCCC2)C(=O)c2ccccc2C1=O. The van der Waals surface area contributed by atoms with Crippen LogP contribution in [0.1, 0.15) is 47.4 Å². The van der Waals surface area contributed by atoms with E-state index in [0.717, 1.165) is 12.8 Å². The van der Waals surface area contributed by atoms with Crippen molar-refractivity contribution in [2.75, 3.05) is 19.6 Å². The van der Waals surface area contributed by atoms with Crippen LogP contribution in [0.3, 0.4) is 0 Å². The van der Waals surface area contributed by atoms with Crippen LogP contribution in [-0.4, -0.2) is 44.5 Å². The molecule has 0 aromatic heterocycles. The van der Waals surface area contributed by atoms with Crippen LogP contribution in [0.15, 0.2) is 34.9 Å². The molecular weight excluding hydrogens is 340 g/mol. The van der Waals surface area contributed by atoms with E-state index in [4.69, 9.17) is 0 Å². The molecule has 0 bridgehead atoms. The Morgan fingerprint density at radius 2 is 1.60 bits per heavy atom. The molecule has 6 nitrogen and oxygen atoms in total. The van der Waals surface area contributed by atoms with Gasteiger partial charge in [0.05, 0.1) is 0 Å². The monoisotopic (exact) mass is 362 g/mol. The molecule has 1 heterocycles. The summed E-state index contributed by atoms with van der Waals surface area (Å²) < 4.78 is 28.2. The number of fused-ring (bicyclic) bond motifs is 1. The molecule has 0 amide bonds. The van der Waals surface area contributed by atoms with Crippen molar-refractivity contribution >= 4 is 21.6 Å². The van der Waals surface area contributed by atoms with Gasteiger partial charge < -0.3 is 4.90 Å². The van der Waals surface area contributed by atoms with Gasteiger partial charge in [0.15, 0.2) is 4.91 Å².